The number of hydrogen-bond acceptors (Lipinski definition) is 3. The lowest BCUT2D eigenvalue weighted by Gasteiger charge is -2.19. The highest BCUT2D eigenvalue weighted by molar-refractivity contribution is 5.96. The van der Waals surface area contributed by atoms with E-state index < -0.39 is 0 Å². The fourth-order valence-corrected chi connectivity index (χ4v) is 2.10. The monoisotopic (exact) mass is 270 g/mol. The number of phenols is 1. The summed E-state index contributed by atoms with van der Waals surface area (Å²) in [5.74, 6) is -0.216. The van der Waals surface area contributed by atoms with Crippen LogP contribution in [0, 0.1) is 0 Å². The van der Waals surface area contributed by atoms with Crippen molar-refractivity contribution in [2.75, 3.05) is 7.05 Å². The number of carbonyl (C=O) groups is 1. The van der Waals surface area contributed by atoms with E-state index in [0.29, 0.717) is 18.7 Å². The van der Waals surface area contributed by atoms with Gasteiger partial charge in [-0.1, -0.05) is 36.4 Å². The molecule has 2 aromatic rings. The summed E-state index contributed by atoms with van der Waals surface area (Å²) in [6, 6.07) is 14.3. The Labute approximate surface area is 118 Å². The van der Waals surface area contributed by atoms with Crippen LogP contribution in [0.2, 0.25) is 0 Å². The van der Waals surface area contributed by atoms with Crippen LogP contribution in [-0.2, 0) is 13.1 Å². The lowest BCUT2D eigenvalue weighted by Crippen LogP contribution is -2.27. The van der Waals surface area contributed by atoms with Gasteiger partial charge in [0.1, 0.15) is 5.75 Å². The number of hydrogen-bond donors (Lipinski definition) is 2. The van der Waals surface area contributed by atoms with E-state index >= 15 is 0 Å². The van der Waals surface area contributed by atoms with E-state index in [0.717, 1.165) is 11.1 Å². The summed E-state index contributed by atoms with van der Waals surface area (Å²) in [6.45, 7) is 0.898. The van der Waals surface area contributed by atoms with Gasteiger partial charge < -0.3 is 15.7 Å². The smallest absolute Gasteiger partial charge is 0.257 e. The second-order valence-electron chi connectivity index (χ2n) is 4.65. The van der Waals surface area contributed by atoms with Gasteiger partial charge in [0.05, 0.1) is 5.56 Å². The highest BCUT2D eigenvalue weighted by atomic mass is 16.3. The predicted molar refractivity (Wildman–Crippen MR) is 78.2 cm³/mol. The summed E-state index contributed by atoms with van der Waals surface area (Å²) in [6.07, 6.45) is 0. The van der Waals surface area contributed by atoms with Gasteiger partial charge in [0.15, 0.2) is 0 Å². The van der Waals surface area contributed by atoms with Crippen LogP contribution < -0.4 is 5.73 Å². The second kappa shape index (κ2) is 6.21. The third kappa shape index (κ3) is 2.97. The Bertz CT molecular complexity index is 611. The molecule has 0 aromatic heterocycles. The molecule has 4 nitrogen and oxygen atoms in total. The molecule has 1 amide bonds. The molecule has 0 atom stereocenters. The molecule has 0 heterocycles. The summed E-state index contributed by atoms with van der Waals surface area (Å²) in [7, 11) is 1.71. The molecule has 0 fully saturated rings. The van der Waals surface area contributed by atoms with E-state index in [1.807, 2.05) is 24.3 Å². The Hall–Kier alpha value is -2.33. The Morgan fingerprint density at radius 2 is 1.70 bits per heavy atom. The normalized spacial score (nSPS) is 10.3. The van der Waals surface area contributed by atoms with Crippen molar-refractivity contribution < 1.29 is 9.90 Å². The molecule has 3 N–H and O–H groups in total. The van der Waals surface area contributed by atoms with Gasteiger partial charge in [0, 0.05) is 20.1 Å². The first-order chi connectivity index (χ1) is 9.63. The van der Waals surface area contributed by atoms with Crippen LogP contribution in [0.4, 0.5) is 0 Å². The number of nitrogens with zero attached hydrogens (tertiary/aromatic N) is 1. The van der Waals surface area contributed by atoms with E-state index in [1.165, 1.54) is 6.07 Å². The van der Waals surface area contributed by atoms with Crippen molar-refractivity contribution in [2.24, 2.45) is 5.73 Å². The summed E-state index contributed by atoms with van der Waals surface area (Å²) < 4.78 is 0. The van der Waals surface area contributed by atoms with Crippen LogP contribution in [0.25, 0.3) is 0 Å². The van der Waals surface area contributed by atoms with Gasteiger partial charge in [-0.25, -0.2) is 0 Å². The van der Waals surface area contributed by atoms with Crippen molar-refractivity contribution in [3.63, 3.8) is 0 Å². The maximum absolute atomic E-state index is 12.3. The zero-order chi connectivity index (χ0) is 14.5. The minimum atomic E-state index is -0.213. The molecule has 104 valence electrons. The molecule has 4 heteroatoms. The summed E-state index contributed by atoms with van der Waals surface area (Å²) in [5, 5.41) is 9.73. The van der Waals surface area contributed by atoms with E-state index in [1.54, 1.807) is 30.1 Å². The molecule has 2 aromatic carbocycles. The molecular formula is C16H18N2O2. The molecule has 2 rings (SSSR count). The molecule has 0 spiro atoms. The average Bonchev–Trinajstić information content (AvgIpc) is 2.47. The van der Waals surface area contributed by atoms with Gasteiger partial charge in [-0.15, -0.1) is 0 Å². The van der Waals surface area contributed by atoms with Gasteiger partial charge >= 0.3 is 0 Å². The Morgan fingerprint density at radius 1 is 1.10 bits per heavy atom. The van der Waals surface area contributed by atoms with Crippen molar-refractivity contribution in [1.29, 1.82) is 0 Å². The number of benzene rings is 2. The van der Waals surface area contributed by atoms with Crippen LogP contribution >= 0.6 is 0 Å². The van der Waals surface area contributed by atoms with E-state index in [9.17, 15) is 9.90 Å². The van der Waals surface area contributed by atoms with E-state index in [2.05, 4.69) is 0 Å². The number of rotatable bonds is 4. The summed E-state index contributed by atoms with van der Waals surface area (Å²) >= 11 is 0. The minimum absolute atomic E-state index is 0.00328. The van der Waals surface area contributed by atoms with Crippen LogP contribution in [0.5, 0.6) is 5.75 Å². The molecule has 0 aliphatic heterocycles. The topological polar surface area (TPSA) is 66.6 Å². The van der Waals surface area contributed by atoms with E-state index in [4.69, 9.17) is 5.73 Å². The number of para-hydroxylation sites is 1. The third-order valence-corrected chi connectivity index (χ3v) is 3.23. The quantitative estimate of drug-likeness (QED) is 0.894. The molecule has 0 saturated heterocycles. The second-order valence-corrected chi connectivity index (χ2v) is 4.65. The fraction of sp³-hybridized carbons (Fsp3) is 0.188. The fourth-order valence-electron chi connectivity index (χ4n) is 2.10. The highest BCUT2D eigenvalue weighted by Crippen LogP contribution is 2.19. The molecule has 0 bridgehead atoms. The maximum Gasteiger partial charge on any atom is 0.257 e. The zero-order valence-electron chi connectivity index (χ0n) is 11.4. The van der Waals surface area contributed by atoms with Gasteiger partial charge in [-0.05, 0) is 23.3 Å². The average molecular weight is 270 g/mol. The molecule has 0 aliphatic rings. The lowest BCUT2D eigenvalue weighted by molar-refractivity contribution is 0.0782. The Kier molecular flexibility index (Phi) is 4.38. The number of aromatic hydroxyl groups is 1. The largest absolute Gasteiger partial charge is 0.507 e. The first-order valence-electron chi connectivity index (χ1n) is 6.43. The molecule has 0 unspecified atom stereocenters. The van der Waals surface area contributed by atoms with Crippen molar-refractivity contribution in [2.45, 2.75) is 13.1 Å². The van der Waals surface area contributed by atoms with Crippen LogP contribution in [0.1, 0.15) is 21.5 Å². The van der Waals surface area contributed by atoms with Crippen molar-refractivity contribution >= 4 is 5.91 Å². The Balaban J connectivity index is 2.18. The molecule has 0 saturated carbocycles. The molecule has 0 aliphatic carbocycles. The maximum atomic E-state index is 12.3. The van der Waals surface area contributed by atoms with Gasteiger partial charge in [-0.2, -0.15) is 0 Å². The number of carbonyl (C=O) groups excluding carboxylic acids is 1. The standard InChI is InChI=1S/C16H18N2O2/c1-18(11-13-7-3-2-6-12(13)10-17)16(20)14-8-4-5-9-15(14)19/h2-9,19H,10-11,17H2,1H3. The summed E-state index contributed by atoms with van der Waals surface area (Å²) in [4.78, 5) is 13.9. The van der Waals surface area contributed by atoms with Crippen LogP contribution in [0.15, 0.2) is 48.5 Å². The van der Waals surface area contributed by atoms with Crippen LogP contribution in [0.3, 0.4) is 0 Å². The molecule has 20 heavy (non-hydrogen) atoms. The van der Waals surface area contributed by atoms with Crippen molar-refractivity contribution in [1.82, 2.24) is 4.90 Å². The zero-order valence-corrected chi connectivity index (χ0v) is 11.4. The lowest BCUT2D eigenvalue weighted by atomic mass is 10.1. The van der Waals surface area contributed by atoms with Gasteiger partial charge in [-0.3, -0.25) is 4.79 Å². The molecule has 0 radical (unpaired) electrons. The first-order valence-corrected chi connectivity index (χ1v) is 6.43. The van der Waals surface area contributed by atoms with Crippen molar-refractivity contribution in [3.05, 3.63) is 65.2 Å². The number of phenolic OH excluding ortho intramolecular Hbond substituents is 1. The predicted octanol–water partition coefficient (Wildman–Crippen LogP) is 2.12. The first kappa shape index (κ1) is 14.1. The SMILES string of the molecule is CN(Cc1ccccc1CN)C(=O)c1ccccc1O. The van der Waals surface area contributed by atoms with Gasteiger partial charge in [0.2, 0.25) is 0 Å². The Morgan fingerprint density at radius 3 is 2.35 bits per heavy atom. The minimum Gasteiger partial charge on any atom is -0.507 e. The molecular weight excluding hydrogens is 252 g/mol. The summed E-state index contributed by atoms with van der Waals surface area (Å²) in [5.41, 5.74) is 8.03. The van der Waals surface area contributed by atoms with Crippen LogP contribution in [-0.4, -0.2) is 23.0 Å². The van der Waals surface area contributed by atoms with Gasteiger partial charge in [0.25, 0.3) is 5.91 Å². The van der Waals surface area contributed by atoms with E-state index in [-0.39, 0.29) is 11.7 Å². The third-order valence-electron chi connectivity index (χ3n) is 3.23. The number of nitrogens with two attached hydrogens (primary N) is 1. The number of amides is 1. The van der Waals surface area contributed by atoms with Crippen molar-refractivity contribution in [3.8, 4) is 5.75 Å². The highest BCUT2D eigenvalue weighted by Gasteiger charge is 2.16.